The Hall–Kier alpha value is -3.94. The van der Waals surface area contributed by atoms with Gasteiger partial charge >= 0.3 is 0 Å². The van der Waals surface area contributed by atoms with E-state index in [0.29, 0.717) is 0 Å². The van der Waals surface area contributed by atoms with Gasteiger partial charge in [0.15, 0.2) is 5.84 Å². The first kappa shape index (κ1) is 22.5. The average Bonchev–Trinajstić information content (AvgIpc) is 3.67. The van der Waals surface area contributed by atoms with E-state index >= 15 is 0 Å². The third-order valence-electron chi connectivity index (χ3n) is 7.86. The van der Waals surface area contributed by atoms with E-state index in [2.05, 4.69) is 46.6 Å². The van der Waals surface area contributed by atoms with Gasteiger partial charge in [0.1, 0.15) is 17.2 Å². The van der Waals surface area contributed by atoms with E-state index in [1.54, 1.807) is 6.20 Å². The van der Waals surface area contributed by atoms with Gasteiger partial charge in [-0.1, -0.05) is 32.1 Å². The lowest BCUT2D eigenvalue weighted by atomic mass is 9.88. The zero-order valence-electron chi connectivity index (χ0n) is 21.1. The van der Waals surface area contributed by atoms with E-state index in [0.717, 1.165) is 73.1 Å². The number of carbonyl (C=O) groups is 1. The second-order valence-corrected chi connectivity index (χ2v) is 9.64. The Labute approximate surface area is 211 Å². The maximum Gasteiger partial charge on any atom is 0.252 e. The molecule has 1 aromatic carbocycles. The molecule has 6 rings (SSSR count). The molecule has 5 heterocycles. The number of aromatic nitrogens is 4. The number of piperazine rings is 1. The highest BCUT2D eigenvalue weighted by Crippen LogP contribution is 2.42. The molecule has 2 fully saturated rings. The lowest BCUT2D eigenvalue weighted by Crippen LogP contribution is -2.63. The van der Waals surface area contributed by atoms with Crippen LogP contribution < -0.4 is 0 Å². The minimum atomic E-state index is -0.497. The molecule has 0 aliphatic carbocycles. The summed E-state index contributed by atoms with van der Waals surface area (Å²) < 4.78 is 3.95. The molecular weight excluding hydrogens is 450 g/mol. The smallest absolute Gasteiger partial charge is 0.252 e. The normalized spacial score (nSPS) is 21.8. The average molecular weight is 482 g/mol. The minimum Gasteiger partial charge on any atom is -0.340 e. The number of amidine groups is 1. The van der Waals surface area contributed by atoms with Gasteiger partial charge in [-0.2, -0.15) is 5.10 Å². The van der Waals surface area contributed by atoms with Crippen LogP contribution in [0.1, 0.15) is 46.0 Å². The fraction of sp³-hybridized carbons (Fsp3) is 0.357. The van der Waals surface area contributed by atoms with Crippen molar-refractivity contribution in [2.45, 2.75) is 51.5 Å². The first-order chi connectivity index (χ1) is 17.6. The third kappa shape index (κ3) is 3.27. The summed E-state index contributed by atoms with van der Waals surface area (Å²) in [4.78, 5) is 27.7. The van der Waals surface area contributed by atoms with Crippen LogP contribution in [0.5, 0.6) is 0 Å². The summed E-state index contributed by atoms with van der Waals surface area (Å²) in [6, 6.07) is 10.1. The number of aliphatic imine (C=N–C) groups is 1. The van der Waals surface area contributed by atoms with Crippen LogP contribution in [0.3, 0.4) is 0 Å². The number of fused-ring (bicyclic) bond motifs is 3. The second-order valence-electron chi connectivity index (χ2n) is 9.64. The maximum atomic E-state index is 13.5. The van der Waals surface area contributed by atoms with Crippen molar-refractivity contribution >= 4 is 17.6 Å². The van der Waals surface area contributed by atoms with Crippen LogP contribution in [0.15, 0.2) is 77.5 Å². The third-order valence-corrected chi connectivity index (χ3v) is 7.86. The Morgan fingerprint density at radius 2 is 2.00 bits per heavy atom. The number of likely N-dealkylation sites (N-methyl/N-ethyl adjacent to an activating group) is 1. The Kier molecular flexibility index (Phi) is 5.39. The second kappa shape index (κ2) is 8.62. The quantitative estimate of drug-likeness (QED) is 0.529. The molecule has 1 amide bonds. The number of amides is 1. The summed E-state index contributed by atoms with van der Waals surface area (Å²) in [5.41, 5.74) is 3.60. The molecule has 0 bridgehead atoms. The molecule has 2 saturated heterocycles. The summed E-state index contributed by atoms with van der Waals surface area (Å²) >= 11 is 0. The number of hydrogen-bond acceptors (Lipinski definition) is 5. The number of benzene rings is 1. The summed E-state index contributed by atoms with van der Waals surface area (Å²) in [7, 11) is 1.90. The number of hydrogen-bond donors (Lipinski definition) is 0. The highest BCUT2D eigenvalue weighted by atomic mass is 16.2. The van der Waals surface area contributed by atoms with Crippen molar-refractivity contribution in [2.75, 3.05) is 13.6 Å². The topological polar surface area (TPSA) is 71.5 Å². The van der Waals surface area contributed by atoms with Crippen molar-refractivity contribution in [3.63, 3.8) is 0 Å². The molecule has 184 valence electrons. The summed E-state index contributed by atoms with van der Waals surface area (Å²) in [5.74, 6) is 2.82. The molecule has 0 saturated carbocycles. The van der Waals surface area contributed by atoms with Gasteiger partial charge in [0, 0.05) is 43.9 Å². The monoisotopic (exact) mass is 481 g/mol. The molecule has 0 N–H and O–H groups in total. The van der Waals surface area contributed by atoms with E-state index in [9.17, 15) is 4.79 Å². The predicted molar refractivity (Wildman–Crippen MR) is 140 cm³/mol. The minimum absolute atomic E-state index is 0.188. The number of rotatable bonds is 5. The van der Waals surface area contributed by atoms with Gasteiger partial charge in [0.25, 0.3) is 5.91 Å². The predicted octanol–water partition coefficient (Wildman–Crippen LogP) is 4.72. The highest BCUT2D eigenvalue weighted by Gasteiger charge is 2.54. The summed E-state index contributed by atoms with van der Waals surface area (Å²) in [6.07, 6.45) is 14.0. The highest BCUT2D eigenvalue weighted by molar-refractivity contribution is 6.11. The van der Waals surface area contributed by atoms with E-state index in [-0.39, 0.29) is 5.91 Å². The van der Waals surface area contributed by atoms with Crippen LogP contribution in [0.2, 0.25) is 0 Å². The molecule has 0 spiro atoms. The largest absolute Gasteiger partial charge is 0.340 e. The lowest BCUT2D eigenvalue weighted by molar-refractivity contribution is -0.139. The van der Waals surface area contributed by atoms with Gasteiger partial charge in [0.2, 0.25) is 0 Å². The molecule has 3 aromatic rings. The first-order valence-corrected chi connectivity index (χ1v) is 12.8. The standard InChI is InChI=1S/C28H31N7O/c1-4-20-11-12-23-26(34-16-7-13-28(34,5-2)27(36)32(23)3)31-25(20)33-18-15-29-24(33)21-9-6-10-22(19-21)35-17-8-14-30-35/h6,8-10,12,14-15,17-19H,4-5,7,11,13,16H2,1-3H3. The molecular formula is C28H31N7O. The molecule has 36 heavy (non-hydrogen) atoms. The molecule has 3 aliphatic heterocycles. The molecule has 1 unspecified atom stereocenters. The van der Waals surface area contributed by atoms with Gasteiger partial charge in [-0.25, -0.2) is 14.7 Å². The molecule has 8 heteroatoms. The van der Waals surface area contributed by atoms with Crippen molar-refractivity contribution in [2.24, 2.45) is 4.99 Å². The van der Waals surface area contributed by atoms with E-state index < -0.39 is 5.54 Å². The van der Waals surface area contributed by atoms with Crippen LogP contribution in [-0.2, 0) is 4.79 Å². The Morgan fingerprint density at radius 3 is 2.78 bits per heavy atom. The van der Waals surface area contributed by atoms with Crippen molar-refractivity contribution in [3.8, 4) is 17.1 Å². The van der Waals surface area contributed by atoms with E-state index in [1.807, 2.05) is 53.4 Å². The van der Waals surface area contributed by atoms with Crippen LogP contribution >= 0.6 is 0 Å². The Balaban J connectivity index is 1.48. The fourth-order valence-corrected chi connectivity index (χ4v) is 5.90. The van der Waals surface area contributed by atoms with Gasteiger partial charge < -0.3 is 9.80 Å². The van der Waals surface area contributed by atoms with Gasteiger partial charge in [-0.15, -0.1) is 0 Å². The zero-order chi connectivity index (χ0) is 24.9. The van der Waals surface area contributed by atoms with Gasteiger partial charge in [-0.05, 0) is 55.9 Å². The number of carbonyl (C=O) groups excluding carboxylic acids is 1. The fourth-order valence-electron chi connectivity index (χ4n) is 5.90. The van der Waals surface area contributed by atoms with E-state index in [4.69, 9.17) is 9.98 Å². The summed E-state index contributed by atoms with van der Waals surface area (Å²) in [6.45, 7) is 5.13. The first-order valence-electron chi connectivity index (χ1n) is 12.8. The van der Waals surface area contributed by atoms with Gasteiger partial charge in [0.05, 0.1) is 11.4 Å². The van der Waals surface area contributed by atoms with Crippen LogP contribution in [-0.4, -0.2) is 60.0 Å². The summed E-state index contributed by atoms with van der Waals surface area (Å²) in [5, 5.41) is 4.38. The Morgan fingerprint density at radius 1 is 1.11 bits per heavy atom. The molecule has 3 aliphatic rings. The lowest BCUT2D eigenvalue weighted by Gasteiger charge is -2.47. The Bertz CT molecular complexity index is 1410. The molecule has 2 aromatic heterocycles. The van der Waals surface area contributed by atoms with Gasteiger partial charge in [-0.3, -0.25) is 9.36 Å². The zero-order valence-corrected chi connectivity index (χ0v) is 21.1. The number of nitrogens with zero attached hydrogens (tertiary/aromatic N) is 7. The number of allylic oxidation sites excluding steroid dienone is 2. The molecule has 1 atom stereocenters. The molecule has 0 radical (unpaired) electrons. The SMILES string of the molecule is CCC1=C(n2ccnc2-c2cccc(-n3cccn3)c2)N=C2C(=CC1)N(C)C(=O)C1(CC)CCCN21. The van der Waals surface area contributed by atoms with Crippen LogP contribution in [0, 0.1) is 0 Å². The van der Waals surface area contributed by atoms with Crippen molar-refractivity contribution in [3.05, 3.63) is 72.5 Å². The van der Waals surface area contributed by atoms with Crippen molar-refractivity contribution < 1.29 is 4.79 Å². The van der Waals surface area contributed by atoms with Crippen molar-refractivity contribution in [1.29, 1.82) is 0 Å². The van der Waals surface area contributed by atoms with Crippen LogP contribution in [0.4, 0.5) is 0 Å². The molecule has 8 nitrogen and oxygen atoms in total. The van der Waals surface area contributed by atoms with Crippen LogP contribution in [0.25, 0.3) is 22.9 Å². The maximum absolute atomic E-state index is 13.5. The number of imidazole rings is 1. The van der Waals surface area contributed by atoms with E-state index in [1.165, 1.54) is 5.57 Å². The van der Waals surface area contributed by atoms with Crippen molar-refractivity contribution in [1.82, 2.24) is 29.1 Å².